The van der Waals surface area contributed by atoms with Crippen LogP contribution in [0.2, 0.25) is 0 Å². The molecule has 4 rings (SSSR count). The molecule has 1 aromatic heterocycles. The molecule has 0 radical (unpaired) electrons. The van der Waals surface area contributed by atoms with E-state index in [4.69, 9.17) is 18.9 Å². The lowest BCUT2D eigenvalue weighted by Crippen LogP contribution is -2.39. The van der Waals surface area contributed by atoms with Crippen LogP contribution in [0.5, 0.6) is 5.88 Å². The van der Waals surface area contributed by atoms with Gasteiger partial charge in [-0.05, 0) is 13.8 Å². The van der Waals surface area contributed by atoms with Gasteiger partial charge in [-0.25, -0.2) is 9.36 Å². The van der Waals surface area contributed by atoms with E-state index in [-0.39, 0.29) is 24.7 Å². The van der Waals surface area contributed by atoms with Crippen LogP contribution in [0.4, 0.5) is 0 Å². The number of ether oxygens (including phenoxy) is 4. The molecule has 1 N–H and O–H groups in total. The van der Waals surface area contributed by atoms with Gasteiger partial charge < -0.3 is 18.9 Å². The number of hydrogen-bond donors (Lipinski definition) is 1. The summed E-state index contributed by atoms with van der Waals surface area (Å²) in [5, 5.41) is 0. The molecule has 0 aromatic carbocycles. The van der Waals surface area contributed by atoms with Crippen LogP contribution < -0.4 is 16.0 Å². The Morgan fingerprint density at radius 1 is 1.30 bits per heavy atom. The van der Waals surface area contributed by atoms with Crippen LogP contribution in [0.1, 0.15) is 20.1 Å². The number of rotatable bonds is 0. The second-order valence-electron chi connectivity index (χ2n) is 5.59. The van der Waals surface area contributed by atoms with Crippen molar-refractivity contribution in [1.82, 2.24) is 9.55 Å². The Kier molecular flexibility index (Phi) is 2.25. The molecule has 4 atom stereocenters. The van der Waals surface area contributed by atoms with Crippen LogP contribution in [0.25, 0.3) is 0 Å². The third-order valence-electron chi connectivity index (χ3n) is 3.72. The lowest BCUT2D eigenvalue weighted by Gasteiger charge is -2.22. The van der Waals surface area contributed by atoms with E-state index in [2.05, 4.69) is 4.98 Å². The van der Waals surface area contributed by atoms with E-state index >= 15 is 0 Å². The fraction of sp³-hybridized carbons (Fsp3) is 0.667. The van der Waals surface area contributed by atoms with E-state index < -0.39 is 29.4 Å². The van der Waals surface area contributed by atoms with Crippen molar-refractivity contribution in [3.63, 3.8) is 0 Å². The van der Waals surface area contributed by atoms with Crippen molar-refractivity contribution in [3.05, 3.63) is 26.9 Å². The van der Waals surface area contributed by atoms with Gasteiger partial charge in [0.25, 0.3) is 5.56 Å². The van der Waals surface area contributed by atoms with Gasteiger partial charge in [-0.2, -0.15) is 0 Å². The molecular formula is C12H14N2O6. The lowest BCUT2D eigenvalue weighted by atomic mass is 10.1. The maximum absolute atomic E-state index is 12.0. The van der Waals surface area contributed by atoms with E-state index in [1.807, 2.05) is 13.8 Å². The lowest BCUT2D eigenvalue weighted by molar-refractivity contribution is -0.195. The maximum atomic E-state index is 12.0. The van der Waals surface area contributed by atoms with Gasteiger partial charge in [0.05, 0.1) is 6.07 Å². The van der Waals surface area contributed by atoms with Crippen LogP contribution in [0.15, 0.2) is 15.7 Å². The second kappa shape index (κ2) is 3.72. The molecule has 0 aliphatic carbocycles. The third-order valence-corrected chi connectivity index (χ3v) is 3.72. The molecule has 0 spiro atoms. The molecule has 108 valence electrons. The fourth-order valence-corrected chi connectivity index (χ4v) is 3.00. The van der Waals surface area contributed by atoms with Gasteiger partial charge in [0.2, 0.25) is 5.88 Å². The molecule has 4 heterocycles. The topological polar surface area (TPSA) is 91.8 Å². The number of aromatic nitrogens is 2. The van der Waals surface area contributed by atoms with Crippen molar-refractivity contribution in [2.45, 2.75) is 44.2 Å². The third kappa shape index (κ3) is 1.58. The molecule has 2 fully saturated rings. The summed E-state index contributed by atoms with van der Waals surface area (Å²) in [6.45, 7) is 3.84. The highest BCUT2D eigenvalue weighted by Gasteiger charge is 2.57. The number of fused-ring (bicyclic) bond motifs is 7. The highest BCUT2D eigenvalue weighted by Crippen LogP contribution is 2.44. The predicted octanol–water partition coefficient (Wildman–Crippen LogP) is -0.653. The highest BCUT2D eigenvalue weighted by molar-refractivity contribution is 5.14. The van der Waals surface area contributed by atoms with Crippen molar-refractivity contribution < 1.29 is 18.9 Å². The maximum Gasteiger partial charge on any atom is 0.333 e. The smallest absolute Gasteiger partial charge is 0.333 e. The molecule has 2 bridgehead atoms. The molecule has 8 heteroatoms. The highest BCUT2D eigenvalue weighted by atomic mass is 16.8. The Bertz CT molecular complexity index is 677. The number of nitrogens with one attached hydrogen (secondary N) is 1. The van der Waals surface area contributed by atoms with Crippen LogP contribution in [0.3, 0.4) is 0 Å². The molecule has 3 aliphatic heterocycles. The summed E-state index contributed by atoms with van der Waals surface area (Å²) in [7, 11) is 0. The number of aromatic amines is 1. The monoisotopic (exact) mass is 282 g/mol. The zero-order chi connectivity index (χ0) is 14.1. The van der Waals surface area contributed by atoms with E-state index in [1.165, 1.54) is 10.6 Å². The minimum atomic E-state index is -0.730. The Morgan fingerprint density at radius 3 is 2.85 bits per heavy atom. The van der Waals surface area contributed by atoms with Crippen molar-refractivity contribution in [3.8, 4) is 5.88 Å². The van der Waals surface area contributed by atoms with Gasteiger partial charge in [-0.15, -0.1) is 0 Å². The molecule has 0 saturated carbocycles. The Balaban J connectivity index is 1.85. The molecule has 0 amide bonds. The van der Waals surface area contributed by atoms with Gasteiger partial charge in [-0.1, -0.05) is 0 Å². The van der Waals surface area contributed by atoms with Gasteiger partial charge in [0.15, 0.2) is 12.0 Å². The predicted molar refractivity (Wildman–Crippen MR) is 64.6 cm³/mol. The van der Waals surface area contributed by atoms with Crippen molar-refractivity contribution in [2.75, 3.05) is 6.61 Å². The molecule has 2 saturated heterocycles. The largest absolute Gasteiger partial charge is 0.476 e. The van der Waals surface area contributed by atoms with Gasteiger partial charge in [-0.3, -0.25) is 9.78 Å². The summed E-state index contributed by atoms with van der Waals surface area (Å²) in [5.74, 6) is -0.538. The van der Waals surface area contributed by atoms with Crippen molar-refractivity contribution >= 4 is 0 Å². The molecule has 8 nitrogen and oxygen atoms in total. The van der Waals surface area contributed by atoms with E-state index in [0.29, 0.717) is 0 Å². The first kappa shape index (κ1) is 12.1. The number of H-pyrrole nitrogens is 1. The summed E-state index contributed by atoms with van der Waals surface area (Å²) in [4.78, 5) is 25.6. The zero-order valence-corrected chi connectivity index (χ0v) is 11.0. The second-order valence-corrected chi connectivity index (χ2v) is 5.59. The Morgan fingerprint density at radius 2 is 2.05 bits per heavy atom. The summed E-state index contributed by atoms with van der Waals surface area (Å²) < 4.78 is 24.2. The summed E-state index contributed by atoms with van der Waals surface area (Å²) in [6.07, 6.45) is -1.68. The fourth-order valence-electron chi connectivity index (χ4n) is 3.00. The van der Waals surface area contributed by atoms with Crippen molar-refractivity contribution in [2.24, 2.45) is 0 Å². The first-order valence-corrected chi connectivity index (χ1v) is 6.44. The first-order chi connectivity index (χ1) is 9.44. The summed E-state index contributed by atoms with van der Waals surface area (Å²) in [5.41, 5.74) is -1.08. The standard InChI is InChI=1S/C12H14N2O6/c1-12(2)19-8-5-4-17-7-3-6(15)13-11(16)14(7)10(18-5)9(8)20-12/h3,5,8-10H,4H2,1-2H3,(H,13,15,16). The first-order valence-electron chi connectivity index (χ1n) is 6.44. The van der Waals surface area contributed by atoms with E-state index in [1.54, 1.807) is 0 Å². The number of hydrogen-bond acceptors (Lipinski definition) is 6. The minimum absolute atomic E-state index is 0.193. The summed E-state index contributed by atoms with van der Waals surface area (Å²) in [6, 6.07) is 1.24. The summed E-state index contributed by atoms with van der Waals surface area (Å²) >= 11 is 0. The molecule has 4 unspecified atom stereocenters. The van der Waals surface area contributed by atoms with Gasteiger partial charge >= 0.3 is 5.69 Å². The Labute approximate surface area is 113 Å². The van der Waals surface area contributed by atoms with E-state index in [0.717, 1.165) is 0 Å². The van der Waals surface area contributed by atoms with Crippen LogP contribution >= 0.6 is 0 Å². The zero-order valence-electron chi connectivity index (χ0n) is 11.0. The normalized spacial score (nSPS) is 36.9. The van der Waals surface area contributed by atoms with Crippen molar-refractivity contribution in [1.29, 1.82) is 0 Å². The minimum Gasteiger partial charge on any atom is -0.476 e. The molecule has 3 aliphatic rings. The number of nitrogens with zero attached hydrogens (tertiary/aromatic N) is 1. The average molecular weight is 282 g/mol. The van der Waals surface area contributed by atoms with Crippen LogP contribution in [-0.2, 0) is 14.2 Å². The average Bonchev–Trinajstić information content (AvgIpc) is 2.72. The molecular weight excluding hydrogens is 268 g/mol. The van der Waals surface area contributed by atoms with Gasteiger partial charge in [0.1, 0.15) is 24.9 Å². The molecule has 1 aromatic rings. The van der Waals surface area contributed by atoms with Gasteiger partial charge in [0, 0.05) is 0 Å². The van der Waals surface area contributed by atoms with Crippen LogP contribution in [-0.4, -0.2) is 40.3 Å². The Hall–Kier alpha value is -1.64. The van der Waals surface area contributed by atoms with Crippen LogP contribution in [0, 0.1) is 0 Å². The molecule has 20 heavy (non-hydrogen) atoms. The SMILES string of the molecule is CC1(C)OC2C3COc4cc(=O)[nH]c(=O)n4C(O3)C2O1. The van der Waals surface area contributed by atoms with E-state index in [9.17, 15) is 9.59 Å². The quantitative estimate of drug-likeness (QED) is 0.679.